The van der Waals surface area contributed by atoms with Gasteiger partial charge in [0.2, 0.25) is 11.8 Å². The van der Waals surface area contributed by atoms with Crippen molar-refractivity contribution in [3.05, 3.63) is 29.8 Å². The normalized spacial score (nSPS) is 11.4. The molecule has 1 aromatic rings. The molecule has 6 heteroatoms. The van der Waals surface area contributed by atoms with Gasteiger partial charge in [-0.2, -0.15) is 0 Å². The third-order valence-electron chi connectivity index (χ3n) is 3.18. The fourth-order valence-corrected chi connectivity index (χ4v) is 1.58. The Balaban J connectivity index is 2.81. The zero-order chi connectivity index (χ0) is 15.8. The highest BCUT2D eigenvalue weighted by Crippen LogP contribution is 2.16. The van der Waals surface area contributed by atoms with Gasteiger partial charge in [-0.15, -0.1) is 0 Å². The molecule has 0 bridgehead atoms. The minimum absolute atomic E-state index is 0.108. The number of likely N-dealkylation sites (N-methyl/N-ethyl adjacent to an activating group) is 1. The Labute approximate surface area is 124 Å². The van der Waals surface area contributed by atoms with Gasteiger partial charge in [-0.1, -0.05) is 26.0 Å². The van der Waals surface area contributed by atoms with Crippen molar-refractivity contribution in [2.75, 3.05) is 18.9 Å². The minimum atomic E-state index is -0.404. The number of hydrogen-bond donors (Lipinski definition) is 3. The molecule has 21 heavy (non-hydrogen) atoms. The average Bonchev–Trinajstić information content (AvgIpc) is 2.51. The topological polar surface area (TPSA) is 87.3 Å². The quantitative estimate of drug-likeness (QED) is 0.734. The number of amides is 3. The Morgan fingerprint density at radius 2 is 1.86 bits per heavy atom. The molecular formula is C15H21N3O3. The van der Waals surface area contributed by atoms with Crippen molar-refractivity contribution in [2.24, 2.45) is 5.92 Å². The third-order valence-corrected chi connectivity index (χ3v) is 3.18. The number of hydrogen-bond acceptors (Lipinski definition) is 3. The SMILES string of the molecule is CCC(C)C(=O)Nc1ccccc1C(=O)NCC(=O)NC. The fraction of sp³-hybridized carbons (Fsp3) is 0.400. The highest BCUT2D eigenvalue weighted by Gasteiger charge is 2.16. The average molecular weight is 291 g/mol. The van der Waals surface area contributed by atoms with Crippen LogP contribution in [0.1, 0.15) is 30.6 Å². The van der Waals surface area contributed by atoms with Crippen molar-refractivity contribution in [3.8, 4) is 0 Å². The van der Waals surface area contributed by atoms with Gasteiger partial charge in [-0.05, 0) is 18.6 Å². The number of anilines is 1. The molecule has 114 valence electrons. The van der Waals surface area contributed by atoms with Crippen LogP contribution in [0, 0.1) is 5.92 Å². The van der Waals surface area contributed by atoms with E-state index >= 15 is 0 Å². The highest BCUT2D eigenvalue weighted by molar-refractivity contribution is 6.04. The highest BCUT2D eigenvalue weighted by atomic mass is 16.2. The van der Waals surface area contributed by atoms with E-state index < -0.39 is 5.91 Å². The molecular weight excluding hydrogens is 270 g/mol. The van der Waals surface area contributed by atoms with Crippen LogP contribution in [0.15, 0.2) is 24.3 Å². The monoisotopic (exact) mass is 291 g/mol. The van der Waals surface area contributed by atoms with Gasteiger partial charge in [0.15, 0.2) is 0 Å². The number of carbonyl (C=O) groups excluding carboxylic acids is 3. The molecule has 6 nitrogen and oxygen atoms in total. The molecule has 0 spiro atoms. The van der Waals surface area contributed by atoms with E-state index in [1.54, 1.807) is 24.3 Å². The second kappa shape index (κ2) is 8.04. The summed E-state index contributed by atoms with van der Waals surface area (Å²) in [5, 5.41) is 7.67. The lowest BCUT2D eigenvalue weighted by molar-refractivity contribution is -0.120. The van der Waals surface area contributed by atoms with Crippen LogP contribution in [0.4, 0.5) is 5.69 Å². The standard InChI is InChI=1S/C15H21N3O3/c1-4-10(2)14(20)18-12-8-6-5-7-11(12)15(21)17-9-13(19)16-3/h5-8,10H,4,9H2,1-3H3,(H,16,19)(H,17,21)(H,18,20). The lowest BCUT2D eigenvalue weighted by atomic mass is 10.1. The molecule has 0 aliphatic carbocycles. The van der Waals surface area contributed by atoms with Crippen molar-refractivity contribution < 1.29 is 14.4 Å². The molecule has 1 rings (SSSR count). The van der Waals surface area contributed by atoms with Crippen molar-refractivity contribution in [1.29, 1.82) is 0 Å². The molecule has 1 aromatic carbocycles. The zero-order valence-corrected chi connectivity index (χ0v) is 12.5. The Morgan fingerprint density at radius 1 is 1.19 bits per heavy atom. The van der Waals surface area contributed by atoms with E-state index in [9.17, 15) is 14.4 Å². The lowest BCUT2D eigenvalue weighted by Gasteiger charge is -2.13. The molecule has 3 N–H and O–H groups in total. The van der Waals surface area contributed by atoms with Gasteiger partial charge in [0.05, 0.1) is 17.8 Å². The summed E-state index contributed by atoms with van der Waals surface area (Å²) in [6, 6.07) is 6.70. The fourth-order valence-electron chi connectivity index (χ4n) is 1.58. The molecule has 1 unspecified atom stereocenters. The summed E-state index contributed by atoms with van der Waals surface area (Å²) in [4.78, 5) is 35.1. The number of nitrogens with one attached hydrogen (secondary N) is 3. The predicted octanol–water partition coefficient (Wildman–Crippen LogP) is 1.15. The first-order chi connectivity index (χ1) is 9.99. The Kier molecular flexibility index (Phi) is 6.39. The summed E-state index contributed by atoms with van der Waals surface area (Å²) in [5.41, 5.74) is 0.773. The van der Waals surface area contributed by atoms with Gasteiger partial charge in [0.1, 0.15) is 0 Å². The van der Waals surface area contributed by atoms with Crippen molar-refractivity contribution in [3.63, 3.8) is 0 Å². The van der Waals surface area contributed by atoms with Gasteiger partial charge in [0, 0.05) is 13.0 Å². The van der Waals surface area contributed by atoms with Gasteiger partial charge < -0.3 is 16.0 Å². The molecule has 0 aliphatic heterocycles. The van der Waals surface area contributed by atoms with Gasteiger partial charge >= 0.3 is 0 Å². The lowest BCUT2D eigenvalue weighted by Crippen LogP contribution is -2.35. The van der Waals surface area contributed by atoms with Crippen LogP contribution >= 0.6 is 0 Å². The van der Waals surface area contributed by atoms with Crippen LogP contribution in [0.2, 0.25) is 0 Å². The van der Waals surface area contributed by atoms with Gasteiger partial charge in [0.25, 0.3) is 5.91 Å². The van der Waals surface area contributed by atoms with Gasteiger partial charge in [-0.3, -0.25) is 14.4 Å². The summed E-state index contributed by atoms with van der Waals surface area (Å²) >= 11 is 0. The first kappa shape index (κ1) is 16.7. The van der Waals surface area contributed by atoms with Crippen molar-refractivity contribution in [1.82, 2.24) is 10.6 Å². The third kappa shape index (κ3) is 4.91. The maximum absolute atomic E-state index is 12.1. The number of carbonyl (C=O) groups is 3. The van der Waals surface area contributed by atoms with Crippen LogP contribution in [0.5, 0.6) is 0 Å². The smallest absolute Gasteiger partial charge is 0.253 e. The van der Waals surface area contributed by atoms with Crippen LogP contribution in [-0.2, 0) is 9.59 Å². The van der Waals surface area contributed by atoms with Crippen LogP contribution < -0.4 is 16.0 Å². The molecule has 3 amide bonds. The zero-order valence-electron chi connectivity index (χ0n) is 12.5. The molecule has 0 saturated carbocycles. The number of rotatable bonds is 6. The maximum atomic E-state index is 12.1. The summed E-state index contributed by atoms with van der Waals surface area (Å²) < 4.78 is 0. The van der Waals surface area contributed by atoms with E-state index in [1.807, 2.05) is 13.8 Å². The number of para-hydroxylation sites is 1. The molecule has 1 atom stereocenters. The van der Waals surface area contributed by atoms with Crippen molar-refractivity contribution >= 4 is 23.4 Å². The first-order valence-electron chi connectivity index (χ1n) is 6.88. The molecule has 0 aromatic heterocycles. The largest absolute Gasteiger partial charge is 0.358 e. The van der Waals surface area contributed by atoms with Crippen LogP contribution in [0.25, 0.3) is 0 Å². The maximum Gasteiger partial charge on any atom is 0.253 e. The second-order valence-electron chi connectivity index (χ2n) is 4.70. The van der Waals surface area contributed by atoms with E-state index in [0.29, 0.717) is 11.3 Å². The minimum Gasteiger partial charge on any atom is -0.358 e. The molecule has 0 aliphatic rings. The second-order valence-corrected chi connectivity index (χ2v) is 4.70. The van der Waals surface area contributed by atoms with E-state index in [0.717, 1.165) is 6.42 Å². The first-order valence-corrected chi connectivity index (χ1v) is 6.88. The molecule has 0 saturated heterocycles. The Hall–Kier alpha value is -2.37. The summed E-state index contributed by atoms with van der Waals surface area (Å²) in [7, 11) is 1.49. The van der Waals surface area contributed by atoms with E-state index in [2.05, 4.69) is 16.0 Å². The summed E-state index contributed by atoms with van der Waals surface area (Å²) in [5.74, 6) is -0.959. The Morgan fingerprint density at radius 3 is 2.48 bits per heavy atom. The van der Waals surface area contributed by atoms with Crippen LogP contribution in [0.3, 0.4) is 0 Å². The van der Waals surface area contributed by atoms with E-state index in [-0.39, 0.29) is 24.3 Å². The van der Waals surface area contributed by atoms with E-state index in [1.165, 1.54) is 7.05 Å². The number of benzene rings is 1. The van der Waals surface area contributed by atoms with Gasteiger partial charge in [-0.25, -0.2) is 0 Å². The Bertz CT molecular complexity index is 529. The van der Waals surface area contributed by atoms with Crippen LogP contribution in [-0.4, -0.2) is 31.3 Å². The molecule has 0 radical (unpaired) electrons. The summed E-state index contributed by atoms with van der Waals surface area (Å²) in [6.07, 6.45) is 0.719. The van der Waals surface area contributed by atoms with E-state index in [4.69, 9.17) is 0 Å². The molecule has 0 fully saturated rings. The van der Waals surface area contributed by atoms with Crippen molar-refractivity contribution in [2.45, 2.75) is 20.3 Å². The molecule has 0 heterocycles. The summed E-state index contributed by atoms with van der Waals surface area (Å²) in [6.45, 7) is 3.64. The predicted molar refractivity (Wildman–Crippen MR) is 80.9 cm³/mol.